The van der Waals surface area contributed by atoms with E-state index >= 15 is 0 Å². The highest BCUT2D eigenvalue weighted by atomic mass is 35.5. The minimum atomic E-state index is -0.363. The van der Waals surface area contributed by atoms with E-state index in [2.05, 4.69) is 15.3 Å². The van der Waals surface area contributed by atoms with Gasteiger partial charge in [0.2, 0.25) is 5.55 Å². The molecule has 0 unspecified atom stereocenters. The molecule has 0 radical (unpaired) electrons. The van der Waals surface area contributed by atoms with E-state index in [4.69, 9.17) is 16.0 Å². The highest BCUT2D eigenvalue weighted by molar-refractivity contribution is 6.31. The van der Waals surface area contributed by atoms with Crippen molar-refractivity contribution in [2.24, 2.45) is 4.99 Å². The fourth-order valence-corrected chi connectivity index (χ4v) is 2.99. The summed E-state index contributed by atoms with van der Waals surface area (Å²) in [6, 6.07) is 18.3. The van der Waals surface area contributed by atoms with Crippen LogP contribution in [0.15, 0.2) is 76.3 Å². The lowest BCUT2D eigenvalue weighted by atomic mass is 10.1. The summed E-state index contributed by atoms with van der Waals surface area (Å²) in [4.78, 5) is 21.8. The van der Waals surface area contributed by atoms with Crippen LogP contribution in [0.25, 0.3) is 11.0 Å². The van der Waals surface area contributed by atoms with Gasteiger partial charge in [0.25, 0.3) is 5.91 Å². The van der Waals surface area contributed by atoms with E-state index in [1.807, 2.05) is 44.2 Å². The van der Waals surface area contributed by atoms with Crippen molar-refractivity contribution in [3.63, 3.8) is 0 Å². The molecular weight excluding hydrogens is 386 g/mol. The third-order valence-corrected chi connectivity index (χ3v) is 4.61. The van der Waals surface area contributed by atoms with Gasteiger partial charge >= 0.3 is 0 Å². The van der Waals surface area contributed by atoms with Crippen molar-refractivity contribution in [3.8, 4) is 0 Å². The molecule has 144 valence electrons. The predicted octanol–water partition coefficient (Wildman–Crippen LogP) is 5.58. The van der Waals surface area contributed by atoms with Crippen molar-refractivity contribution in [2.45, 2.75) is 13.8 Å². The van der Waals surface area contributed by atoms with E-state index < -0.39 is 0 Å². The molecule has 4 rings (SSSR count). The van der Waals surface area contributed by atoms with Crippen LogP contribution in [0, 0.1) is 13.8 Å². The summed E-state index contributed by atoms with van der Waals surface area (Å²) in [6.07, 6.45) is 1.69. The van der Waals surface area contributed by atoms with Crippen LogP contribution in [0.4, 0.5) is 11.5 Å². The second-order valence-electron chi connectivity index (χ2n) is 6.77. The smallest absolute Gasteiger partial charge is 0.262 e. The Kier molecular flexibility index (Phi) is 5.14. The number of anilines is 1. The minimum absolute atomic E-state index is 0.216. The number of aryl methyl sites for hydroxylation is 2. The summed E-state index contributed by atoms with van der Waals surface area (Å²) < 4.78 is 5.95. The summed E-state index contributed by atoms with van der Waals surface area (Å²) in [5.41, 5.74) is 3.92. The van der Waals surface area contributed by atoms with Gasteiger partial charge in [0.1, 0.15) is 17.0 Å². The number of aromatic nitrogens is 1. The first kappa shape index (κ1) is 18.9. The molecule has 2 heterocycles. The van der Waals surface area contributed by atoms with Crippen molar-refractivity contribution in [3.05, 3.63) is 94.1 Å². The number of hydrogen-bond donors (Lipinski definition) is 1. The Balaban J connectivity index is 1.83. The molecule has 0 bridgehead atoms. The number of carbonyl (C=O) groups excluding carboxylic acids is 1. The molecule has 0 saturated carbocycles. The van der Waals surface area contributed by atoms with E-state index in [-0.39, 0.29) is 11.5 Å². The molecule has 1 amide bonds. The zero-order valence-electron chi connectivity index (χ0n) is 15.9. The molecule has 0 aliphatic heterocycles. The van der Waals surface area contributed by atoms with Gasteiger partial charge < -0.3 is 9.73 Å². The first-order valence-electron chi connectivity index (χ1n) is 9.07. The van der Waals surface area contributed by atoms with E-state index in [9.17, 15) is 4.79 Å². The third-order valence-electron chi connectivity index (χ3n) is 4.37. The quantitative estimate of drug-likeness (QED) is 0.485. The first-order chi connectivity index (χ1) is 14.0. The molecule has 2 aromatic carbocycles. The van der Waals surface area contributed by atoms with Gasteiger partial charge in [0, 0.05) is 16.6 Å². The third kappa shape index (κ3) is 4.36. The minimum Gasteiger partial charge on any atom is -0.438 e. The normalized spacial score (nSPS) is 11.6. The Morgan fingerprint density at radius 1 is 1.00 bits per heavy atom. The van der Waals surface area contributed by atoms with Crippen LogP contribution in [0.1, 0.15) is 21.5 Å². The summed E-state index contributed by atoms with van der Waals surface area (Å²) in [5, 5.41) is 4.07. The molecule has 2 aromatic heterocycles. The van der Waals surface area contributed by atoms with E-state index in [1.165, 1.54) is 0 Å². The second-order valence-corrected chi connectivity index (χ2v) is 7.21. The molecule has 6 heteroatoms. The highest BCUT2D eigenvalue weighted by Crippen LogP contribution is 2.20. The Morgan fingerprint density at radius 3 is 2.48 bits per heavy atom. The molecule has 0 aliphatic rings. The van der Waals surface area contributed by atoms with Gasteiger partial charge in [-0.05, 0) is 61.9 Å². The van der Waals surface area contributed by atoms with Crippen LogP contribution in [-0.2, 0) is 0 Å². The highest BCUT2D eigenvalue weighted by Gasteiger charge is 2.14. The zero-order chi connectivity index (χ0) is 20.4. The van der Waals surface area contributed by atoms with Crippen molar-refractivity contribution >= 4 is 40.0 Å². The summed E-state index contributed by atoms with van der Waals surface area (Å²) >= 11 is 6.10. The van der Waals surface area contributed by atoms with Gasteiger partial charge in [-0.15, -0.1) is 0 Å². The number of pyridine rings is 1. The monoisotopic (exact) mass is 403 g/mol. The number of benzene rings is 2. The Hall–Kier alpha value is -3.44. The molecule has 0 spiro atoms. The lowest BCUT2D eigenvalue weighted by Gasteiger charge is -2.07. The number of rotatable bonds is 3. The number of carbonyl (C=O) groups is 1. The number of halogens is 1. The molecule has 0 aliphatic carbocycles. The number of nitrogens with zero attached hydrogens (tertiary/aromatic N) is 2. The first-order valence-corrected chi connectivity index (χ1v) is 9.44. The van der Waals surface area contributed by atoms with Crippen LogP contribution in [0.2, 0.25) is 5.02 Å². The van der Waals surface area contributed by atoms with Crippen LogP contribution in [0.3, 0.4) is 0 Å². The molecule has 0 fully saturated rings. The van der Waals surface area contributed by atoms with Gasteiger partial charge in [-0.2, -0.15) is 0 Å². The molecule has 0 saturated heterocycles. The fourth-order valence-electron chi connectivity index (χ4n) is 2.81. The molecular formula is C23H18ClN3O2. The molecule has 1 N–H and O–H groups in total. The Bertz CT molecular complexity index is 1260. The Morgan fingerprint density at radius 2 is 1.76 bits per heavy atom. The van der Waals surface area contributed by atoms with Crippen LogP contribution in [-0.4, -0.2) is 10.9 Å². The second kappa shape index (κ2) is 7.89. The molecule has 4 aromatic rings. The number of fused-ring (bicyclic) bond motifs is 1. The zero-order valence-corrected chi connectivity index (χ0v) is 16.7. The molecule has 0 atom stereocenters. The van der Waals surface area contributed by atoms with Crippen LogP contribution >= 0.6 is 11.6 Å². The van der Waals surface area contributed by atoms with Gasteiger partial charge in [-0.3, -0.25) is 4.79 Å². The summed E-state index contributed by atoms with van der Waals surface area (Å²) in [5.74, 6) is 0.0888. The predicted molar refractivity (Wildman–Crippen MR) is 115 cm³/mol. The maximum absolute atomic E-state index is 13.0. The average molecular weight is 404 g/mol. The molecule has 5 nitrogen and oxygen atoms in total. The van der Waals surface area contributed by atoms with Gasteiger partial charge in [0.15, 0.2) is 0 Å². The van der Waals surface area contributed by atoms with Crippen LogP contribution < -0.4 is 10.9 Å². The van der Waals surface area contributed by atoms with Gasteiger partial charge in [0.05, 0.1) is 5.69 Å². The van der Waals surface area contributed by atoms with Crippen molar-refractivity contribution < 1.29 is 9.21 Å². The standard InChI is InChI=1S/C23H18ClN3O2/c1-14-3-7-18(8-4-14)26-23-19(12-16-11-17(24)6-9-20(16)29-23)22(28)27-21-10-5-15(2)13-25-21/h3-13H,1-2H3,(H,25,27,28). The Labute approximate surface area is 172 Å². The maximum atomic E-state index is 13.0. The van der Waals surface area contributed by atoms with Gasteiger partial charge in [-0.25, -0.2) is 9.98 Å². The number of nitrogens with one attached hydrogen (secondary N) is 1. The van der Waals surface area contributed by atoms with Gasteiger partial charge in [-0.1, -0.05) is 35.4 Å². The molecule has 29 heavy (non-hydrogen) atoms. The summed E-state index contributed by atoms with van der Waals surface area (Å²) in [7, 11) is 0. The maximum Gasteiger partial charge on any atom is 0.262 e. The van der Waals surface area contributed by atoms with E-state index in [1.54, 1.807) is 36.5 Å². The van der Waals surface area contributed by atoms with E-state index in [0.717, 1.165) is 11.1 Å². The lowest BCUT2D eigenvalue weighted by Crippen LogP contribution is -2.22. The van der Waals surface area contributed by atoms with Crippen molar-refractivity contribution in [1.29, 1.82) is 0 Å². The van der Waals surface area contributed by atoms with E-state index in [0.29, 0.717) is 33.1 Å². The topological polar surface area (TPSA) is 67.5 Å². The average Bonchev–Trinajstić information content (AvgIpc) is 2.71. The lowest BCUT2D eigenvalue weighted by molar-refractivity contribution is 0.102. The largest absolute Gasteiger partial charge is 0.438 e. The van der Waals surface area contributed by atoms with Crippen LogP contribution in [0.5, 0.6) is 0 Å². The van der Waals surface area contributed by atoms with Crippen molar-refractivity contribution in [1.82, 2.24) is 4.98 Å². The SMILES string of the molecule is Cc1ccc(N=c2oc3ccc(Cl)cc3cc2C(=O)Nc2ccc(C)cn2)cc1. The summed E-state index contributed by atoms with van der Waals surface area (Å²) in [6.45, 7) is 3.94. The fraction of sp³-hybridized carbons (Fsp3) is 0.0870. The number of hydrogen-bond acceptors (Lipinski definition) is 4. The number of amides is 1. The van der Waals surface area contributed by atoms with Crippen molar-refractivity contribution in [2.75, 3.05) is 5.32 Å².